The lowest BCUT2D eigenvalue weighted by atomic mass is 9.77. The maximum Gasteiger partial charge on any atom is 0.290 e. The van der Waals surface area contributed by atoms with Gasteiger partial charge in [-0.05, 0) is 61.1 Å². The Morgan fingerprint density at radius 2 is 1.75 bits per heavy atom. The topological polar surface area (TPSA) is 76.1 Å². The molecule has 32 heavy (non-hydrogen) atoms. The normalized spacial score (nSPS) is 24.8. The molecule has 6 nitrogen and oxygen atoms in total. The third kappa shape index (κ3) is 3.53. The molecule has 1 fully saturated rings. The number of phenols is 1. The van der Waals surface area contributed by atoms with Gasteiger partial charge in [-0.3, -0.25) is 9.59 Å². The van der Waals surface area contributed by atoms with Gasteiger partial charge in [0, 0.05) is 6.54 Å². The van der Waals surface area contributed by atoms with Gasteiger partial charge in [-0.1, -0.05) is 30.7 Å². The summed E-state index contributed by atoms with van der Waals surface area (Å²) in [4.78, 5) is 28.7. The van der Waals surface area contributed by atoms with Gasteiger partial charge in [0.05, 0.1) is 24.6 Å². The molecule has 2 aliphatic heterocycles. The number of nitrogens with zero attached hydrogens (tertiary/aromatic N) is 1. The van der Waals surface area contributed by atoms with E-state index in [1.807, 2.05) is 24.3 Å². The van der Waals surface area contributed by atoms with E-state index in [0.29, 0.717) is 18.5 Å². The van der Waals surface area contributed by atoms with Crippen molar-refractivity contribution in [3.05, 3.63) is 71.0 Å². The van der Waals surface area contributed by atoms with Crippen LogP contribution in [0.2, 0.25) is 0 Å². The Morgan fingerprint density at radius 1 is 1.03 bits per heavy atom. The fraction of sp³-hybridized carbons (Fsp3) is 0.385. The largest absolute Gasteiger partial charge is 0.508 e. The molecule has 1 saturated carbocycles. The molecule has 2 aromatic rings. The maximum absolute atomic E-state index is 13.5. The van der Waals surface area contributed by atoms with E-state index < -0.39 is 6.04 Å². The molecule has 3 atom stereocenters. The fourth-order valence-corrected chi connectivity index (χ4v) is 5.17. The van der Waals surface area contributed by atoms with Gasteiger partial charge in [-0.25, -0.2) is 0 Å². The number of amides is 1. The van der Waals surface area contributed by atoms with Crippen LogP contribution in [-0.4, -0.2) is 41.5 Å². The molecule has 1 N–H and O–H groups in total. The lowest BCUT2D eigenvalue weighted by molar-refractivity contribution is -0.135. The smallest absolute Gasteiger partial charge is 0.290 e. The van der Waals surface area contributed by atoms with Gasteiger partial charge in [0.25, 0.3) is 5.91 Å². The van der Waals surface area contributed by atoms with Gasteiger partial charge >= 0.3 is 0 Å². The predicted octanol–water partition coefficient (Wildman–Crippen LogP) is 3.94. The van der Waals surface area contributed by atoms with E-state index in [-0.39, 0.29) is 35.2 Å². The van der Waals surface area contributed by atoms with Crippen molar-refractivity contribution in [2.45, 2.75) is 44.2 Å². The highest BCUT2D eigenvalue weighted by Crippen LogP contribution is 2.46. The first-order chi connectivity index (χ1) is 15.6. The number of rotatable bonds is 5. The highest BCUT2D eigenvalue weighted by atomic mass is 16.5. The standard InChI is InChI=1S/C26H27NO5/c1-31-19-12-6-16(7-13-19)14-15-27-23(17-8-10-18(28)11-9-17)22-24(29)20-4-2-3-5-21(20)32-25(22)26(27)30/h6-13,20-21,23,28H,2-5,14-15H2,1H3. The Bertz CT molecular complexity index is 1060. The Labute approximate surface area is 187 Å². The Kier molecular flexibility index (Phi) is 5.37. The Balaban J connectivity index is 1.47. The summed E-state index contributed by atoms with van der Waals surface area (Å²) >= 11 is 0. The molecule has 6 heteroatoms. The number of methoxy groups -OCH3 is 1. The average molecular weight is 434 g/mol. The zero-order valence-electron chi connectivity index (χ0n) is 18.1. The van der Waals surface area contributed by atoms with Crippen LogP contribution < -0.4 is 4.74 Å². The van der Waals surface area contributed by atoms with Crippen molar-refractivity contribution in [2.75, 3.05) is 13.7 Å². The van der Waals surface area contributed by atoms with E-state index in [1.54, 1.807) is 36.3 Å². The van der Waals surface area contributed by atoms with Crippen LogP contribution in [0.5, 0.6) is 11.5 Å². The molecule has 3 aliphatic rings. The minimum atomic E-state index is -0.494. The molecule has 1 aliphatic carbocycles. The number of hydrogen-bond acceptors (Lipinski definition) is 5. The first-order valence-electron chi connectivity index (χ1n) is 11.2. The number of aromatic hydroxyl groups is 1. The minimum Gasteiger partial charge on any atom is -0.508 e. The zero-order valence-corrected chi connectivity index (χ0v) is 18.1. The molecule has 0 aromatic heterocycles. The number of Topliss-reactive ketones (excluding diaryl/α,β-unsaturated/α-hetero) is 1. The summed E-state index contributed by atoms with van der Waals surface area (Å²) in [6.07, 6.45) is 4.11. The number of phenolic OH excluding ortho intramolecular Hbond substituents is 1. The SMILES string of the molecule is COc1ccc(CCN2C(=O)C3=C(C(=O)C4CCCCC4O3)C2c2ccc(O)cc2)cc1. The van der Waals surface area contributed by atoms with Crippen LogP contribution in [0.15, 0.2) is 59.9 Å². The molecule has 0 spiro atoms. The first kappa shape index (κ1) is 20.6. The van der Waals surface area contributed by atoms with Crippen molar-refractivity contribution in [1.82, 2.24) is 4.90 Å². The fourth-order valence-electron chi connectivity index (χ4n) is 5.17. The number of fused-ring (bicyclic) bond motifs is 1. The van der Waals surface area contributed by atoms with Crippen molar-refractivity contribution >= 4 is 11.7 Å². The van der Waals surface area contributed by atoms with Crippen molar-refractivity contribution in [2.24, 2.45) is 5.92 Å². The molecule has 0 bridgehead atoms. The monoisotopic (exact) mass is 433 g/mol. The third-order valence-corrected chi connectivity index (χ3v) is 6.87. The summed E-state index contributed by atoms with van der Waals surface area (Å²) in [5, 5.41) is 9.76. The summed E-state index contributed by atoms with van der Waals surface area (Å²) in [5.41, 5.74) is 2.37. The third-order valence-electron chi connectivity index (χ3n) is 6.87. The van der Waals surface area contributed by atoms with Crippen LogP contribution in [0.4, 0.5) is 0 Å². The molecule has 0 radical (unpaired) electrons. The highest BCUT2D eigenvalue weighted by molar-refractivity contribution is 6.11. The number of carbonyl (C=O) groups excluding carboxylic acids is 2. The van der Waals surface area contributed by atoms with E-state index in [9.17, 15) is 14.7 Å². The molecule has 3 unspecified atom stereocenters. The Morgan fingerprint density at radius 3 is 2.47 bits per heavy atom. The molecule has 2 heterocycles. The van der Waals surface area contributed by atoms with E-state index in [1.165, 1.54) is 0 Å². The molecule has 5 rings (SSSR count). The number of ether oxygens (including phenoxy) is 2. The summed E-state index contributed by atoms with van der Waals surface area (Å²) in [7, 11) is 1.63. The first-order valence-corrected chi connectivity index (χ1v) is 11.2. The lowest BCUT2D eigenvalue weighted by Crippen LogP contribution is -2.39. The van der Waals surface area contributed by atoms with Crippen molar-refractivity contribution in [3.63, 3.8) is 0 Å². The summed E-state index contributed by atoms with van der Waals surface area (Å²) in [6, 6.07) is 14.0. The van der Waals surface area contributed by atoms with E-state index in [4.69, 9.17) is 9.47 Å². The quantitative estimate of drug-likeness (QED) is 0.773. The van der Waals surface area contributed by atoms with Crippen LogP contribution in [0, 0.1) is 5.92 Å². The molecule has 2 aromatic carbocycles. The number of benzene rings is 2. The number of carbonyl (C=O) groups is 2. The number of hydrogen-bond donors (Lipinski definition) is 1. The summed E-state index contributed by atoms with van der Waals surface area (Å²) in [5.74, 6) is 0.822. The second kappa shape index (κ2) is 8.34. The zero-order chi connectivity index (χ0) is 22.2. The highest BCUT2D eigenvalue weighted by Gasteiger charge is 2.51. The molecular weight excluding hydrogens is 406 g/mol. The van der Waals surface area contributed by atoms with Crippen LogP contribution >= 0.6 is 0 Å². The maximum atomic E-state index is 13.5. The van der Waals surface area contributed by atoms with E-state index in [2.05, 4.69) is 0 Å². The molecule has 0 saturated heterocycles. The molecule has 166 valence electrons. The van der Waals surface area contributed by atoms with Crippen LogP contribution in [0.3, 0.4) is 0 Å². The number of ketones is 1. The van der Waals surface area contributed by atoms with E-state index >= 15 is 0 Å². The minimum absolute atomic E-state index is 0.0503. The summed E-state index contributed by atoms with van der Waals surface area (Å²) < 4.78 is 11.4. The van der Waals surface area contributed by atoms with Crippen LogP contribution in [-0.2, 0) is 20.7 Å². The van der Waals surface area contributed by atoms with Crippen molar-refractivity contribution < 1.29 is 24.2 Å². The Hall–Kier alpha value is -3.28. The van der Waals surface area contributed by atoms with Gasteiger partial charge in [-0.2, -0.15) is 0 Å². The lowest BCUT2D eigenvalue weighted by Gasteiger charge is -2.35. The van der Waals surface area contributed by atoms with Crippen molar-refractivity contribution in [3.8, 4) is 11.5 Å². The molecular formula is C26H27NO5. The summed E-state index contributed by atoms with van der Waals surface area (Å²) in [6.45, 7) is 0.454. The predicted molar refractivity (Wildman–Crippen MR) is 118 cm³/mol. The van der Waals surface area contributed by atoms with E-state index in [0.717, 1.165) is 42.6 Å². The van der Waals surface area contributed by atoms with Gasteiger partial charge < -0.3 is 19.5 Å². The second-order valence-corrected chi connectivity index (χ2v) is 8.74. The van der Waals surface area contributed by atoms with Crippen LogP contribution in [0.25, 0.3) is 0 Å². The van der Waals surface area contributed by atoms with Gasteiger partial charge in [0.1, 0.15) is 17.6 Å². The second-order valence-electron chi connectivity index (χ2n) is 8.74. The van der Waals surface area contributed by atoms with Gasteiger partial charge in [0.2, 0.25) is 0 Å². The van der Waals surface area contributed by atoms with Crippen LogP contribution in [0.1, 0.15) is 42.9 Å². The van der Waals surface area contributed by atoms with Gasteiger partial charge in [0.15, 0.2) is 11.5 Å². The average Bonchev–Trinajstić information content (AvgIpc) is 3.10. The van der Waals surface area contributed by atoms with Crippen molar-refractivity contribution in [1.29, 1.82) is 0 Å². The molecule has 1 amide bonds. The van der Waals surface area contributed by atoms with Gasteiger partial charge in [-0.15, -0.1) is 0 Å².